The molecule has 0 aliphatic carbocycles. The molecule has 1 atom stereocenters. The summed E-state index contributed by atoms with van der Waals surface area (Å²) in [6.45, 7) is 3.39. The molecular formula is C15H17F2N3O2. The number of nitrogens with one attached hydrogen (secondary N) is 2. The zero-order valence-electron chi connectivity index (χ0n) is 12.3. The van der Waals surface area contributed by atoms with E-state index in [9.17, 15) is 13.6 Å². The molecule has 1 aromatic carbocycles. The van der Waals surface area contributed by atoms with Crippen molar-refractivity contribution >= 4 is 5.91 Å². The largest absolute Gasteiger partial charge is 0.481 e. The molecule has 0 saturated carbocycles. The average molecular weight is 309 g/mol. The number of amides is 1. The lowest BCUT2D eigenvalue weighted by Gasteiger charge is -2.13. The van der Waals surface area contributed by atoms with Crippen LogP contribution in [0.4, 0.5) is 8.78 Å². The van der Waals surface area contributed by atoms with Crippen molar-refractivity contribution in [1.82, 2.24) is 15.5 Å². The first kappa shape index (κ1) is 15.9. The van der Waals surface area contributed by atoms with Gasteiger partial charge in [-0.15, -0.1) is 0 Å². The van der Waals surface area contributed by atoms with Crippen molar-refractivity contribution in [2.45, 2.75) is 26.3 Å². The Bertz CT molecular complexity index is 658. The van der Waals surface area contributed by atoms with Gasteiger partial charge in [-0.25, -0.2) is 8.78 Å². The molecule has 7 heteroatoms. The first-order valence-corrected chi connectivity index (χ1v) is 6.82. The molecule has 2 rings (SSSR count). The van der Waals surface area contributed by atoms with Crippen molar-refractivity contribution < 1.29 is 18.3 Å². The number of aryl methyl sites for hydroxylation is 1. The van der Waals surface area contributed by atoms with Gasteiger partial charge in [-0.3, -0.25) is 9.89 Å². The summed E-state index contributed by atoms with van der Waals surface area (Å²) in [5.41, 5.74) is 1.79. The van der Waals surface area contributed by atoms with Crippen LogP contribution in [-0.4, -0.2) is 28.8 Å². The number of nitrogens with zero attached hydrogens (tertiary/aromatic N) is 1. The summed E-state index contributed by atoms with van der Waals surface area (Å²) in [5.74, 6) is -2.08. The highest BCUT2D eigenvalue weighted by Crippen LogP contribution is 2.17. The maximum absolute atomic E-state index is 13.3. The number of aromatic nitrogens is 2. The molecule has 1 heterocycles. The van der Waals surface area contributed by atoms with Crippen LogP contribution < -0.4 is 10.1 Å². The van der Waals surface area contributed by atoms with Gasteiger partial charge in [0.15, 0.2) is 18.2 Å². The van der Waals surface area contributed by atoms with Crippen LogP contribution in [-0.2, 0) is 11.2 Å². The highest BCUT2D eigenvalue weighted by Gasteiger charge is 2.12. The molecule has 22 heavy (non-hydrogen) atoms. The van der Waals surface area contributed by atoms with Crippen LogP contribution >= 0.6 is 0 Å². The first-order valence-electron chi connectivity index (χ1n) is 6.82. The molecule has 0 radical (unpaired) electrons. The third kappa shape index (κ3) is 4.54. The SMILES string of the molecule is Cc1cc(C[C@H](C)NC(=O)COc2ccc(F)cc2F)n[nH]1. The number of halogens is 2. The quantitative estimate of drug-likeness (QED) is 0.859. The monoisotopic (exact) mass is 309 g/mol. The second kappa shape index (κ2) is 7.02. The molecular weight excluding hydrogens is 292 g/mol. The van der Waals surface area contributed by atoms with Gasteiger partial charge < -0.3 is 10.1 Å². The van der Waals surface area contributed by atoms with Crippen molar-refractivity contribution in [2.24, 2.45) is 0 Å². The van der Waals surface area contributed by atoms with Crippen molar-refractivity contribution in [3.05, 3.63) is 47.3 Å². The maximum atomic E-state index is 13.3. The lowest BCUT2D eigenvalue weighted by Crippen LogP contribution is -2.37. The van der Waals surface area contributed by atoms with Gasteiger partial charge in [-0.1, -0.05) is 0 Å². The number of aromatic amines is 1. The van der Waals surface area contributed by atoms with Crippen LogP contribution in [0.5, 0.6) is 5.75 Å². The molecule has 0 aliphatic rings. The van der Waals surface area contributed by atoms with Crippen LogP contribution in [0.2, 0.25) is 0 Å². The number of rotatable bonds is 6. The van der Waals surface area contributed by atoms with E-state index in [1.165, 1.54) is 0 Å². The van der Waals surface area contributed by atoms with Crippen molar-refractivity contribution in [3.8, 4) is 5.75 Å². The highest BCUT2D eigenvalue weighted by atomic mass is 19.1. The molecule has 0 aliphatic heterocycles. The number of carbonyl (C=O) groups excluding carboxylic acids is 1. The summed E-state index contributed by atoms with van der Waals surface area (Å²) in [6.07, 6.45) is 0.570. The van der Waals surface area contributed by atoms with Crippen LogP contribution in [0, 0.1) is 18.6 Å². The number of hydrogen-bond donors (Lipinski definition) is 2. The second-order valence-corrected chi connectivity index (χ2v) is 5.08. The molecule has 5 nitrogen and oxygen atoms in total. The Balaban J connectivity index is 1.79. The summed E-state index contributed by atoms with van der Waals surface area (Å²) in [5, 5.41) is 9.63. The summed E-state index contributed by atoms with van der Waals surface area (Å²) in [6, 6.07) is 4.67. The molecule has 0 unspecified atom stereocenters. The molecule has 1 amide bonds. The van der Waals surface area contributed by atoms with Gasteiger partial charge in [0.25, 0.3) is 5.91 Å². The number of benzene rings is 1. The Hall–Kier alpha value is -2.44. The average Bonchev–Trinajstić information content (AvgIpc) is 2.82. The normalized spacial score (nSPS) is 12.0. The van der Waals surface area contributed by atoms with E-state index in [4.69, 9.17) is 4.74 Å². The zero-order chi connectivity index (χ0) is 16.1. The predicted octanol–water partition coefficient (Wildman–Crippen LogP) is 2.12. The Kier molecular flexibility index (Phi) is 5.08. The van der Waals surface area contributed by atoms with E-state index >= 15 is 0 Å². The smallest absolute Gasteiger partial charge is 0.258 e. The molecule has 1 aromatic heterocycles. The number of ether oxygens (including phenoxy) is 1. The van der Waals surface area contributed by atoms with Crippen LogP contribution in [0.3, 0.4) is 0 Å². The van der Waals surface area contributed by atoms with Gasteiger partial charge in [-0.05, 0) is 32.0 Å². The minimum Gasteiger partial charge on any atom is -0.481 e. The maximum Gasteiger partial charge on any atom is 0.258 e. The third-order valence-electron chi connectivity index (χ3n) is 2.93. The molecule has 2 aromatic rings. The minimum atomic E-state index is -0.840. The molecule has 0 saturated heterocycles. The molecule has 2 N–H and O–H groups in total. The highest BCUT2D eigenvalue weighted by molar-refractivity contribution is 5.77. The van der Waals surface area contributed by atoms with E-state index in [1.54, 1.807) is 0 Å². The second-order valence-electron chi connectivity index (χ2n) is 5.08. The van der Waals surface area contributed by atoms with Gasteiger partial charge >= 0.3 is 0 Å². The summed E-state index contributed by atoms with van der Waals surface area (Å²) >= 11 is 0. The molecule has 0 bridgehead atoms. The number of carbonyl (C=O) groups is 1. The summed E-state index contributed by atoms with van der Waals surface area (Å²) < 4.78 is 31.1. The Morgan fingerprint density at radius 1 is 1.41 bits per heavy atom. The van der Waals surface area contributed by atoms with Crippen molar-refractivity contribution in [3.63, 3.8) is 0 Å². The van der Waals surface area contributed by atoms with Crippen LogP contribution in [0.15, 0.2) is 24.3 Å². The van der Waals surface area contributed by atoms with Crippen molar-refractivity contribution in [1.29, 1.82) is 0 Å². The van der Waals surface area contributed by atoms with Crippen LogP contribution in [0.1, 0.15) is 18.3 Å². The molecule has 118 valence electrons. The van der Waals surface area contributed by atoms with Gasteiger partial charge in [0.05, 0.1) is 5.69 Å². The standard InChI is InChI=1S/C15H17F2N3O2/c1-9(5-12-6-10(2)19-20-12)18-15(21)8-22-14-4-3-11(16)7-13(14)17/h3-4,6-7,9H,5,8H2,1-2H3,(H,18,21)(H,19,20)/t9-/m0/s1. The fourth-order valence-corrected chi connectivity index (χ4v) is 2.00. The van der Waals surface area contributed by atoms with Gasteiger partial charge in [0, 0.05) is 24.2 Å². The van der Waals surface area contributed by atoms with E-state index < -0.39 is 11.6 Å². The van der Waals surface area contributed by atoms with E-state index in [2.05, 4.69) is 15.5 Å². The van der Waals surface area contributed by atoms with Gasteiger partial charge in [0.2, 0.25) is 0 Å². The molecule has 0 fully saturated rings. The molecule has 0 spiro atoms. The fourth-order valence-electron chi connectivity index (χ4n) is 2.00. The predicted molar refractivity (Wildman–Crippen MR) is 76.5 cm³/mol. The van der Waals surface area contributed by atoms with E-state index in [0.29, 0.717) is 12.5 Å². The van der Waals surface area contributed by atoms with Crippen molar-refractivity contribution in [2.75, 3.05) is 6.61 Å². The van der Waals surface area contributed by atoms with E-state index in [1.807, 2.05) is 19.9 Å². The zero-order valence-corrected chi connectivity index (χ0v) is 12.3. The number of hydrogen-bond acceptors (Lipinski definition) is 3. The lowest BCUT2D eigenvalue weighted by molar-refractivity contribution is -0.123. The fraction of sp³-hybridized carbons (Fsp3) is 0.333. The summed E-state index contributed by atoms with van der Waals surface area (Å²) in [7, 11) is 0. The Labute approximate surface area is 126 Å². The number of H-pyrrole nitrogens is 1. The first-order chi connectivity index (χ1) is 10.4. The van der Waals surface area contributed by atoms with Crippen LogP contribution in [0.25, 0.3) is 0 Å². The minimum absolute atomic E-state index is 0.142. The van der Waals surface area contributed by atoms with E-state index in [-0.39, 0.29) is 24.3 Å². The van der Waals surface area contributed by atoms with Gasteiger partial charge in [0.1, 0.15) is 5.82 Å². The lowest BCUT2D eigenvalue weighted by atomic mass is 10.2. The third-order valence-corrected chi connectivity index (χ3v) is 2.93. The van der Waals surface area contributed by atoms with Gasteiger partial charge in [-0.2, -0.15) is 5.10 Å². The van der Waals surface area contributed by atoms with E-state index in [0.717, 1.165) is 23.5 Å². The summed E-state index contributed by atoms with van der Waals surface area (Å²) in [4.78, 5) is 11.7. The Morgan fingerprint density at radius 2 is 2.18 bits per heavy atom. The Morgan fingerprint density at radius 3 is 2.82 bits per heavy atom. The topological polar surface area (TPSA) is 67.0 Å².